The van der Waals surface area contributed by atoms with E-state index in [9.17, 15) is 9.59 Å². The van der Waals surface area contributed by atoms with Crippen molar-refractivity contribution in [3.05, 3.63) is 80.7 Å². The minimum absolute atomic E-state index is 0.175. The fraction of sp³-hybridized carbons (Fsp3) is 0.292. The summed E-state index contributed by atoms with van der Waals surface area (Å²) in [5.74, 6) is -0.268. The molecule has 1 N–H and O–H groups in total. The number of hydrogen-bond donors (Lipinski definition) is 1. The van der Waals surface area contributed by atoms with Crippen LogP contribution >= 0.6 is 0 Å². The summed E-state index contributed by atoms with van der Waals surface area (Å²) in [6, 6.07) is 8.08. The van der Waals surface area contributed by atoms with E-state index in [0.29, 0.717) is 17.5 Å². The Kier molecular flexibility index (Phi) is 5.05. The van der Waals surface area contributed by atoms with E-state index in [4.69, 9.17) is 5.10 Å². The Balaban J connectivity index is 1.67. The van der Waals surface area contributed by atoms with Gasteiger partial charge in [0.25, 0.3) is 11.5 Å². The first kappa shape index (κ1) is 20.7. The van der Waals surface area contributed by atoms with E-state index in [1.54, 1.807) is 19.4 Å². The van der Waals surface area contributed by atoms with Crippen LogP contribution in [0.1, 0.15) is 38.4 Å². The molecule has 4 rings (SSSR count). The Morgan fingerprint density at radius 1 is 1.00 bits per heavy atom. The second-order valence-corrected chi connectivity index (χ2v) is 8.14. The van der Waals surface area contributed by atoms with E-state index >= 15 is 0 Å². The molecule has 1 aromatic carbocycles. The zero-order chi connectivity index (χ0) is 22.4. The van der Waals surface area contributed by atoms with Gasteiger partial charge in [-0.15, -0.1) is 0 Å². The van der Waals surface area contributed by atoms with Gasteiger partial charge in [-0.05, 0) is 44.9 Å². The lowest BCUT2D eigenvalue weighted by Crippen LogP contribution is -2.25. The van der Waals surface area contributed by atoms with Gasteiger partial charge < -0.3 is 14.5 Å². The lowest BCUT2D eigenvalue weighted by Gasteiger charge is -2.09. The molecule has 0 spiro atoms. The van der Waals surface area contributed by atoms with Gasteiger partial charge in [0.05, 0.1) is 27.8 Å². The molecule has 0 radical (unpaired) electrons. The summed E-state index contributed by atoms with van der Waals surface area (Å²) in [5.41, 5.74) is 6.93. The second kappa shape index (κ2) is 7.58. The highest BCUT2D eigenvalue weighted by Crippen LogP contribution is 2.22. The summed E-state index contributed by atoms with van der Waals surface area (Å²) in [6.07, 6.45) is 3.52. The number of carbonyl (C=O) groups is 1. The molecule has 0 saturated heterocycles. The summed E-state index contributed by atoms with van der Waals surface area (Å²) >= 11 is 0. The van der Waals surface area contributed by atoms with E-state index in [2.05, 4.69) is 18.3 Å². The highest BCUT2D eigenvalue weighted by atomic mass is 16.2. The summed E-state index contributed by atoms with van der Waals surface area (Å²) in [4.78, 5) is 25.8. The first-order valence-electron chi connectivity index (χ1n) is 10.2. The number of amides is 1. The summed E-state index contributed by atoms with van der Waals surface area (Å²) < 4.78 is 5.28. The van der Waals surface area contributed by atoms with Crippen LogP contribution in [0, 0.1) is 27.7 Å². The molecule has 7 heteroatoms. The topological polar surface area (TPSA) is 73.8 Å². The number of pyridine rings is 1. The highest BCUT2D eigenvalue weighted by molar-refractivity contribution is 6.07. The van der Waals surface area contributed by atoms with Gasteiger partial charge in [0.15, 0.2) is 0 Å². The Bertz CT molecular complexity index is 1390. The highest BCUT2D eigenvalue weighted by Gasteiger charge is 2.20. The van der Waals surface area contributed by atoms with Crippen LogP contribution in [-0.4, -0.2) is 24.8 Å². The van der Waals surface area contributed by atoms with Crippen molar-refractivity contribution in [1.29, 1.82) is 0 Å². The van der Waals surface area contributed by atoms with E-state index in [1.165, 1.54) is 4.57 Å². The van der Waals surface area contributed by atoms with Crippen molar-refractivity contribution < 1.29 is 4.79 Å². The quantitative estimate of drug-likeness (QED) is 0.554. The first-order chi connectivity index (χ1) is 14.7. The number of aryl methyl sites for hydroxylation is 5. The maximum Gasteiger partial charge on any atom is 0.260 e. The Hall–Kier alpha value is -3.61. The maximum absolute atomic E-state index is 13.1. The number of benzene rings is 1. The predicted octanol–water partition coefficient (Wildman–Crippen LogP) is 3.23. The van der Waals surface area contributed by atoms with Crippen molar-refractivity contribution in [3.8, 4) is 5.69 Å². The molecule has 0 saturated carbocycles. The number of aromatic nitrogens is 4. The van der Waals surface area contributed by atoms with Crippen LogP contribution in [0.15, 0.2) is 41.5 Å². The third-order valence-electron chi connectivity index (χ3n) is 5.93. The van der Waals surface area contributed by atoms with Crippen molar-refractivity contribution in [2.75, 3.05) is 0 Å². The lowest BCUT2D eigenvalue weighted by molar-refractivity contribution is 0.0952. The summed E-state index contributed by atoms with van der Waals surface area (Å²) in [5, 5.41) is 8.14. The van der Waals surface area contributed by atoms with E-state index in [-0.39, 0.29) is 11.5 Å². The Labute approximate surface area is 180 Å². The van der Waals surface area contributed by atoms with Gasteiger partial charge in [0.2, 0.25) is 0 Å². The van der Waals surface area contributed by atoms with Crippen molar-refractivity contribution in [3.63, 3.8) is 0 Å². The van der Waals surface area contributed by atoms with E-state index in [0.717, 1.165) is 39.3 Å². The van der Waals surface area contributed by atoms with Gasteiger partial charge in [-0.1, -0.05) is 18.2 Å². The van der Waals surface area contributed by atoms with Gasteiger partial charge in [-0.25, -0.2) is 4.68 Å². The minimum atomic E-state index is -0.268. The molecule has 31 heavy (non-hydrogen) atoms. The SMILES string of the molecule is Cc1ccccc1-n1nc(C)c(CNC(=O)c2cn(C)c3c(C)cn(C)c(=O)c23)c1C. The Morgan fingerprint density at radius 2 is 1.71 bits per heavy atom. The number of fused-ring (bicyclic) bond motifs is 1. The molecule has 3 heterocycles. The normalized spacial score (nSPS) is 11.3. The van der Waals surface area contributed by atoms with Gasteiger partial charge in [-0.2, -0.15) is 5.10 Å². The van der Waals surface area contributed by atoms with Gasteiger partial charge in [-0.3, -0.25) is 9.59 Å². The van der Waals surface area contributed by atoms with Gasteiger partial charge in [0, 0.05) is 44.3 Å². The molecular weight excluding hydrogens is 390 g/mol. The van der Waals surface area contributed by atoms with Crippen LogP contribution in [0.5, 0.6) is 0 Å². The smallest absolute Gasteiger partial charge is 0.260 e. The largest absolute Gasteiger partial charge is 0.349 e. The molecular formula is C24H27N5O2. The second-order valence-electron chi connectivity index (χ2n) is 8.14. The molecule has 3 aromatic heterocycles. The van der Waals surface area contributed by atoms with E-state index in [1.807, 2.05) is 55.3 Å². The number of para-hydroxylation sites is 1. The van der Waals surface area contributed by atoms with Crippen LogP contribution < -0.4 is 10.9 Å². The van der Waals surface area contributed by atoms with Crippen molar-refractivity contribution in [2.24, 2.45) is 14.1 Å². The molecule has 0 fully saturated rings. The van der Waals surface area contributed by atoms with Crippen LogP contribution in [-0.2, 0) is 20.6 Å². The molecule has 160 valence electrons. The monoisotopic (exact) mass is 417 g/mol. The minimum Gasteiger partial charge on any atom is -0.349 e. The third kappa shape index (κ3) is 3.36. The van der Waals surface area contributed by atoms with Crippen LogP contribution in [0.3, 0.4) is 0 Å². The van der Waals surface area contributed by atoms with Crippen LogP contribution in [0.25, 0.3) is 16.6 Å². The number of hydrogen-bond acceptors (Lipinski definition) is 3. The summed E-state index contributed by atoms with van der Waals surface area (Å²) in [7, 11) is 3.56. The van der Waals surface area contributed by atoms with Gasteiger partial charge in [0.1, 0.15) is 0 Å². The zero-order valence-corrected chi connectivity index (χ0v) is 18.8. The molecule has 0 atom stereocenters. The van der Waals surface area contributed by atoms with Crippen molar-refractivity contribution in [2.45, 2.75) is 34.2 Å². The predicted molar refractivity (Wildman–Crippen MR) is 122 cm³/mol. The number of carbonyl (C=O) groups excluding carboxylic acids is 1. The number of nitrogens with one attached hydrogen (secondary N) is 1. The van der Waals surface area contributed by atoms with Crippen molar-refractivity contribution >= 4 is 16.8 Å². The third-order valence-corrected chi connectivity index (χ3v) is 5.93. The molecule has 0 bridgehead atoms. The fourth-order valence-corrected chi connectivity index (χ4v) is 4.31. The number of rotatable bonds is 4. The fourth-order valence-electron chi connectivity index (χ4n) is 4.31. The molecule has 0 aliphatic heterocycles. The lowest BCUT2D eigenvalue weighted by atomic mass is 10.1. The average molecular weight is 418 g/mol. The van der Waals surface area contributed by atoms with E-state index < -0.39 is 0 Å². The molecule has 0 aliphatic rings. The maximum atomic E-state index is 13.1. The van der Waals surface area contributed by atoms with Crippen molar-refractivity contribution in [1.82, 2.24) is 24.2 Å². The Morgan fingerprint density at radius 3 is 2.42 bits per heavy atom. The standard InChI is InChI=1S/C24H27N5O2/c1-14-9-7-8-10-20(14)29-17(4)18(16(3)26-29)11-25-23(30)19-13-27(5)22-15(2)12-28(6)24(31)21(19)22/h7-10,12-13H,11H2,1-6H3,(H,25,30). The average Bonchev–Trinajstić information content (AvgIpc) is 3.22. The van der Waals surface area contributed by atoms with Crippen LogP contribution in [0.4, 0.5) is 0 Å². The van der Waals surface area contributed by atoms with Gasteiger partial charge >= 0.3 is 0 Å². The van der Waals surface area contributed by atoms with Crippen LogP contribution in [0.2, 0.25) is 0 Å². The zero-order valence-electron chi connectivity index (χ0n) is 18.8. The summed E-state index contributed by atoms with van der Waals surface area (Å²) in [6.45, 7) is 8.28. The molecule has 4 aromatic rings. The molecule has 1 amide bonds. The number of nitrogens with zero attached hydrogens (tertiary/aromatic N) is 4. The molecule has 0 aliphatic carbocycles. The molecule has 0 unspecified atom stereocenters. The first-order valence-corrected chi connectivity index (χ1v) is 10.2. The molecule has 7 nitrogen and oxygen atoms in total.